The molecule has 0 radical (unpaired) electrons. The van der Waals surface area contributed by atoms with Crippen molar-refractivity contribution < 1.29 is 27.2 Å². The highest BCUT2D eigenvalue weighted by atomic mass is 32.2. The van der Waals surface area contributed by atoms with E-state index in [2.05, 4.69) is 5.16 Å². The normalized spacial score (nSPS) is 11.2. The van der Waals surface area contributed by atoms with Gasteiger partial charge in [0.2, 0.25) is 10.0 Å². The summed E-state index contributed by atoms with van der Waals surface area (Å²) in [4.78, 5) is 11.9. The topological polar surface area (TPSA) is 122 Å². The molecule has 0 saturated carbocycles. The zero-order valence-electron chi connectivity index (χ0n) is 11.9. The van der Waals surface area contributed by atoms with E-state index in [0.29, 0.717) is 11.5 Å². The average Bonchev–Trinajstić information content (AvgIpc) is 2.88. The molecule has 0 atom stereocenters. The number of nitrogens with two attached hydrogens (primary N) is 1. The molecule has 9 heteroatoms. The van der Waals surface area contributed by atoms with Crippen LogP contribution in [0.15, 0.2) is 33.7 Å². The zero-order valence-corrected chi connectivity index (χ0v) is 12.7. The summed E-state index contributed by atoms with van der Waals surface area (Å²) in [6, 6.07) is 5.28. The molecular weight excluding hydrogens is 312 g/mol. The SMILES string of the molecule is COc1ccc(S(N)(=O)=O)cc1C(=O)OCc1cc(C)no1. The van der Waals surface area contributed by atoms with Gasteiger partial charge in [0.1, 0.15) is 11.3 Å². The number of sulfonamides is 1. The van der Waals surface area contributed by atoms with Gasteiger partial charge < -0.3 is 14.0 Å². The number of hydrogen-bond donors (Lipinski definition) is 1. The molecule has 0 aliphatic carbocycles. The molecule has 1 aromatic heterocycles. The van der Waals surface area contributed by atoms with Gasteiger partial charge in [-0.05, 0) is 25.1 Å². The molecule has 1 aromatic carbocycles. The van der Waals surface area contributed by atoms with Crippen LogP contribution in [0, 0.1) is 6.92 Å². The average molecular weight is 326 g/mol. The Morgan fingerprint density at radius 3 is 2.64 bits per heavy atom. The Bertz CT molecular complexity index is 797. The van der Waals surface area contributed by atoms with Crippen LogP contribution in [0.2, 0.25) is 0 Å². The van der Waals surface area contributed by atoms with Gasteiger partial charge in [-0.1, -0.05) is 5.16 Å². The first-order valence-electron chi connectivity index (χ1n) is 6.11. The summed E-state index contributed by atoms with van der Waals surface area (Å²) in [6.07, 6.45) is 0. The van der Waals surface area contributed by atoms with Crippen LogP contribution in [-0.2, 0) is 21.4 Å². The molecule has 0 amide bonds. The van der Waals surface area contributed by atoms with Crippen molar-refractivity contribution in [2.24, 2.45) is 5.14 Å². The Morgan fingerprint density at radius 1 is 1.36 bits per heavy atom. The van der Waals surface area contributed by atoms with Crippen molar-refractivity contribution in [2.75, 3.05) is 7.11 Å². The third kappa shape index (κ3) is 3.62. The number of methoxy groups -OCH3 is 1. The van der Waals surface area contributed by atoms with E-state index in [0.717, 1.165) is 6.07 Å². The number of ether oxygens (including phenoxy) is 2. The highest BCUT2D eigenvalue weighted by Crippen LogP contribution is 2.23. The number of hydrogen-bond acceptors (Lipinski definition) is 7. The maximum Gasteiger partial charge on any atom is 0.342 e. The van der Waals surface area contributed by atoms with Gasteiger partial charge in [0.05, 0.1) is 17.7 Å². The van der Waals surface area contributed by atoms with Gasteiger partial charge in [-0.2, -0.15) is 0 Å². The molecule has 0 unspecified atom stereocenters. The molecular formula is C13H14N2O6S. The van der Waals surface area contributed by atoms with E-state index in [1.807, 2.05) is 0 Å². The summed E-state index contributed by atoms with van der Waals surface area (Å²) in [5, 5.41) is 8.70. The molecule has 118 valence electrons. The number of aromatic nitrogens is 1. The second kappa shape index (κ2) is 6.16. The molecule has 0 bridgehead atoms. The lowest BCUT2D eigenvalue weighted by atomic mass is 10.2. The van der Waals surface area contributed by atoms with E-state index in [4.69, 9.17) is 19.1 Å². The van der Waals surface area contributed by atoms with Gasteiger partial charge in [0.25, 0.3) is 0 Å². The Kier molecular flexibility index (Phi) is 4.48. The predicted octanol–water partition coefficient (Wildman–Crippen LogP) is 0.996. The van der Waals surface area contributed by atoms with Crippen LogP contribution in [-0.4, -0.2) is 26.7 Å². The highest BCUT2D eigenvalue weighted by molar-refractivity contribution is 7.89. The van der Waals surface area contributed by atoms with Gasteiger partial charge in [0, 0.05) is 6.07 Å². The van der Waals surface area contributed by atoms with Crippen molar-refractivity contribution in [3.63, 3.8) is 0 Å². The fourth-order valence-corrected chi connectivity index (χ4v) is 2.26. The van der Waals surface area contributed by atoms with Crippen LogP contribution >= 0.6 is 0 Å². The quantitative estimate of drug-likeness (QED) is 0.813. The van der Waals surface area contributed by atoms with Crippen LogP contribution in [0.1, 0.15) is 21.8 Å². The molecule has 1 heterocycles. The van der Waals surface area contributed by atoms with Crippen LogP contribution in [0.25, 0.3) is 0 Å². The largest absolute Gasteiger partial charge is 0.496 e. The summed E-state index contributed by atoms with van der Waals surface area (Å²) in [5.41, 5.74) is 0.602. The molecule has 22 heavy (non-hydrogen) atoms. The lowest BCUT2D eigenvalue weighted by Crippen LogP contribution is -2.14. The second-order valence-electron chi connectivity index (χ2n) is 4.42. The third-order valence-corrected chi connectivity index (χ3v) is 3.65. The maximum atomic E-state index is 12.1. The van der Waals surface area contributed by atoms with Gasteiger partial charge in [-0.3, -0.25) is 0 Å². The number of nitrogens with zero attached hydrogens (tertiary/aromatic N) is 1. The minimum Gasteiger partial charge on any atom is -0.496 e. The van der Waals surface area contributed by atoms with Crippen LogP contribution in [0.3, 0.4) is 0 Å². The van der Waals surface area contributed by atoms with Crippen molar-refractivity contribution in [3.8, 4) is 5.75 Å². The number of carbonyl (C=O) groups is 1. The Balaban J connectivity index is 2.23. The number of aryl methyl sites for hydroxylation is 1. The zero-order chi connectivity index (χ0) is 16.3. The molecule has 2 N–H and O–H groups in total. The molecule has 0 aliphatic rings. The molecule has 2 rings (SSSR count). The Morgan fingerprint density at radius 2 is 2.09 bits per heavy atom. The van der Waals surface area contributed by atoms with Crippen LogP contribution in [0.4, 0.5) is 0 Å². The number of primary sulfonamides is 1. The first-order valence-corrected chi connectivity index (χ1v) is 7.66. The minimum absolute atomic E-state index is 0.0507. The Labute approximate surface area is 126 Å². The summed E-state index contributed by atoms with van der Waals surface area (Å²) >= 11 is 0. The highest BCUT2D eigenvalue weighted by Gasteiger charge is 2.19. The number of rotatable bonds is 5. The fraction of sp³-hybridized carbons (Fsp3) is 0.231. The van der Waals surface area contributed by atoms with E-state index in [1.54, 1.807) is 13.0 Å². The smallest absolute Gasteiger partial charge is 0.342 e. The summed E-state index contributed by atoms with van der Waals surface area (Å²) in [7, 11) is -2.59. The predicted molar refractivity (Wildman–Crippen MR) is 74.7 cm³/mol. The van der Waals surface area contributed by atoms with Crippen molar-refractivity contribution in [1.82, 2.24) is 5.16 Å². The minimum atomic E-state index is -3.94. The summed E-state index contributed by atoms with van der Waals surface area (Å²) < 4.78 is 37.7. The van der Waals surface area contributed by atoms with Crippen molar-refractivity contribution in [2.45, 2.75) is 18.4 Å². The van der Waals surface area contributed by atoms with E-state index >= 15 is 0 Å². The monoisotopic (exact) mass is 326 g/mol. The summed E-state index contributed by atoms with van der Waals surface area (Å²) in [5.74, 6) is -0.227. The summed E-state index contributed by atoms with van der Waals surface area (Å²) in [6.45, 7) is 1.59. The van der Waals surface area contributed by atoms with Gasteiger partial charge in [-0.25, -0.2) is 18.4 Å². The molecule has 0 aliphatic heterocycles. The second-order valence-corrected chi connectivity index (χ2v) is 5.98. The molecule has 2 aromatic rings. The standard InChI is InChI=1S/C13H14N2O6S/c1-8-5-9(21-15-8)7-20-13(16)11-6-10(22(14,17)18)3-4-12(11)19-2/h3-6H,7H2,1-2H3,(H2,14,17,18). The van der Waals surface area contributed by atoms with Crippen molar-refractivity contribution >= 4 is 16.0 Å². The molecule has 0 fully saturated rings. The lowest BCUT2D eigenvalue weighted by Gasteiger charge is -2.09. The Hall–Kier alpha value is -2.39. The molecule has 0 spiro atoms. The van der Waals surface area contributed by atoms with E-state index in [9.17, 15) is 13.2 Å². The molecule has 8 nitrogen and oxygen atoms in total. The van der Waals surface area contributed by atoms with E-state index in [1.165, 1.54) is 19.2 Å². The lowest BCUT2D eigenvalue weighted by molar-refractivity contribution is 0.0433. The van der Waals surface area contributed by atoms with Crippen molar-refractivity contribution in [1.29, 1.82) is 0 Å². The number of esters is 1. The van der Waals surface area contributed by atoms with Gasteiger partial charge in [-0.15, -0.1) is 0 Å². The maximum absolute atomic E-state index is 12.1. The fourth-order valence-electron chi connectivity index (χ4n) is 1.72. The van der Waals surface area contributed by atoms with Crippen molar-refractivity contribution in [3.05, 3.63) is 41.3 Å². The van der Waals surface area contributed by atoms with E-state index in [-0.39, 0.29) is 22.8 Å². The number of benzene rings is 1. The third-order valence-electron chi connectivity index (χ3n) is 2.74. The van der Waals surface area contributed by atoms with Gasteiger partial charge in [0.15, 0.2) is 12.4 Å². The van der Waals surface area contributed by atoms with Crippen LogP contribution in [0.5, 0.6) is 5.75 Å². The first-order chi connectivity index (χ1) is 10.3. The number of carbonyl (C=O) groups excluding carboxylic acids is 1. The van der Waals surface area contributed by atoms with Crippen LogP contribution < -0.4 is 9.88 Å². The van der Waals surface area contributed by atoms with Gasteiger partial charge >= 0.3 is 5.97 Å². The first kappa shape index (κ1) is 16.0. The van der Waals surface area contributed by atoms with E-state index < -0.39 is 16.0 Å². The molecule has 0 saturated heterocycles.